The van der Waals surface area contributed by atoms with Crippen LogP contribution < -0.4 is 0 Å². The summed E-state index contributed by atoms with van der Waals surface area (Å²) in [6, 6.07) is 13.9. The van der Waals surface area contributed by atoms with Gasteiger partial charge < -0.3 is 4.57 Å². The quantitative estimate of drug-likeness (QED) is 0.569. The van der Waals surface area contributed by atoms with Crippen molar-refractivity contribution in [2.45, 2.75) is 53.0 Å². The highest BCUT2D eigenvalue weighted by molar-refractivity contribution is 6.08. The van der Waals surface area contributed by atoms with Crippen molar-refractivity contribution < 1.29 is 0 Å². The Balaban J connectivity index is 2.48. The lowest BCUT2D eigenvalue weighted by molar-refractivity contribution is 0.423. The average molecular weight is 279 g/mol. The Kier molecular flexibility index (Phi) is 3.32. The van der Waals surface area contributed by atoms with E-state index in [2.05, 4.69) is 75.6 Å². The van der Waals surface area contributed by atoms with Crippen molar-refractivity contribution in [3.05, 3.63) is 47.5 Å². The molecule has 1 nitrogen and oxygen atoms in total. The SMILES string of the molecule is CCc1ccc2c(c1)c1cc(CC)ccc1n2C(C)(C)C. The maximum absolute atomic E-state index is 2.48. The van der Waals surface area contributed by atoms with Crippen LogP contribution in [-0.2, 0) is 18.4 Å². The normalized spacial score (nSPS) is 12.4. The van der Waals surface area contributed by atoms with Gasteiger partial charge in [-0.1, -0.05) is 26.0 Å². The molecule has 2 aromatic carbocycles. The minimum absolute atomic E-state index is 0.0848. The van der Waals surface area contributed by atoms with Gasteiger partial charge >= 0.3 is 0 Å². The van der Waals surface area contributed by atoms with Crippen LogP contribution in [0.15, 0.2) is 36.4 Å². The van der Waals surface area contributed by atoms with Gasteiger partial charge in [0.25, 0.3) is 0 Å². The minimum Gasteiger partial charge on any atom is -0.335 e. The summed E-state index contributed by atoms with van der Waals surface area (Å²) in [5, 5.41) is 2.80. The van der Waals surface area contributed by atoms with Crippen molar-refractivity contribution in [2.75, 3.05) is 0 Å². The van der Waals surface area contributed by atoms with Crippen LogP contribution >= 0.6 is 0 Å². The summed E-state index contributed by atoms with van der Waals surface area (Å²) in [5.74, 6) is 0. The van der Waals surface area contributed by atoms with Crippen molar-refractivity contribution >= 4 is 21.8 Å². The molecule has 0 bridgehead atoms. The van der Waals surface area contributed by atoms with Crippen LogP contribution in [-0.4, -0.2) is 4.57 Å². The molecule has 0 saturated heterocycles. The third-order valence-corrected chi connectivity index (χ3v) is 4.38. The van der Waals surface area contributed by atoms with E-state index in [1.165, 1.54) is 32.9 Å². The van der Waals surface area contributed by atoms with Crippen molar-refractivity contribution in [1.82, 2.24) is 4.57 Å². The zero-order valence-electron chi connectivity index (χ0n) is 13.8. The number of aryl methyl sites for hydroxylation is 2. The third kappa shape index (κ3) is 2.25. The fourth-order valence-electron chi connectivity index (χ4n) is 3.28. The summed E-state index contributed by atoms with van der Waals surface area (Å²) in [7, 11) is 0. The third-order valence-electron chi connectivity index (χ3n) is 4.38. The lowest BCUT2D eigenvalue weighted by Crippen LogP contribution is -2.21. The summed E-state index contributed by atoms with van der Waals surface area (Å²) in [5.41, 5.74) is 5.61. The topological polar surface area (TPSA) is 4.93 Å². The summed E-state index contributed by atoms with van der Waals surface area (Å²) < 4.78 is 2.48. The second-order valence-electron chi connectivity index (χ2n) is 6.92. The molecule has 0 radical (unpaired) electrons. The molecule has 3 rings (SSSR count). The van der Waals surface area contributed by atoms with E-state index in [0.29, 0.717) is 0 Å². The predicted molar refractivity (Wildman–Crippen MR) is 93.2 cm³/mol. The molecule has 110 valence electrons. The molecule has 0 aliphatic heterocycles. The summed E-state index contributed by atoms with van der Waals surface area (Å²) in [6.07, 6.45) is 2.18. The van der Waals surface area contributed by atoms with Gasteiger partial charge in [-0.15, -0.1) is 0 Å². The van der Waals surface area contributed by atoms with Gasteiger partial charge in [0.05, 0.1) is 0 Å². The molecular weight excluding hydrogens is 254 g/mol. The Morgan fingerprint density at radius 3 is 1.52 bits per heavy atom. The molecule has 3 aromatic rings. The number of benzene rings is 2. The minimum atomic E-state index is 0.0848. The van der Waals surface area contributed by atoms with Gasteiger partial charge in [-0.25, -0.2) is 0 Å². The fraction of sp³-hybridized carbons (Fsp3) is 0.400. The summed E-state index contributed by atoms with van der Waals surface area (Å²) >= 11 is 0. The van der Waals surface area contributed by atoms with E-state index < -0.39 is 0 Å². The zero-order valence-corrected chi connectivity index (χ0v) is 13.8. The van der Waals surface area contributed by atoms with Gasteiger partial charge in [0.2, 0.25) is 0 Å². The van der Waals surface area contributed by atoms with Crippen LogP contribution in [0.25, 0.3) is 21.8 Å². The standard InChI is InChI=1S/C20H25N/c1-6-14-8-10-18-16(12-14)17-13-15(7-2)9-11-19(17)21(18)20(3,4)5/h8-13H,6-7H2,1-5H3. The highest BCUT2D eigenvalue weighted by atomic mass is 15.0. The first-order chi connectivity index (χ1) is 9.95. The lowest BCUT2D eigenvalue weighted by Gasteiger charge is -2.24. The van der Waals surface area contributed by atoms with Crippen molar-refractivity contribution in [3.63, 3.8) is 0 Å². The van der Waals surface area contributed by atoms with E-state index in [9.17, 15) is 0 Å². The first kappa shape index (κ1) is 14.2. The van der Waals surface area contributed by atoms with Crippen LogP contribution in [0, 0.1) is 0 Å². The van der Waals surface area contributed by atoms with Crippen LogP contribution in [0.4, 0.5) is 0 Å². The second kappa shape index (κ2) is 4.91. The van der Waals surface area contributed by atoms with Crippen LogP contribution in [0.1, 0.15) is 45.7 Å². The van der Waals surface area contributed by atoms with Gasteiger partial charge in [-0.3, -0.25) is 0 Å². The largest absolute Gasteiger partial charge is 0.335 e. The first-order valence-electron chi connectivity index (χ1n) is 8.02. The van der Waals surface area contributed by atoms with Crippen molar-refractivity contribution in [1.29, 1.82) is 0 Å². The second-order valence-corrected chi connectivity index (χ2v) is 6.92. The van der Waals surface area contributed by atoms with Gasteiger partial charge in [0, 0.05) is 27.3 Å². The molecule has 1 aromatic heterocycles. The molecule has 0 N–H and O–H groups in total. The van der Waals surface area contributed by atoms with Crippen LogP contribution in [0.3, 0.4) is 0 Å². The Labute approximate surface area is 127 Å². The highest BCUT2D eigenvalue weighted by Crippen LogP contribution is 2.35. The first-order valence-corrected chi connectivity index (χ1v) is 8.02. The Hall–Kier alpha value is -1.76. The average Bonchev–Trinajstić information content (AvgIpc) is 2.79. The van der Waals surface area contributed by atoms with Gasteiger partial charge in [0.1, 0.15) is 0 Å². The fourth-order valence-corrected chi connectivity index (χ4v) is 3.28. The molecule has 1 heteroatoms. The van der Waals surface area contributed by atoms with Crippen molar-refractivity contribution in [2.24, 2.45) is 0 Å². The molecule has 0 saturated carbocycles. The molecule has 1 heterocycles. The molecular formula is C20H25N. The van der Waals surface area contributed by atoms with E-state index in [4.69, 9.17) is 0 Å². The number of hydrogen-bond acceptors (Lipinski definition) is 0. The van der Waals surface area contributed by atoms with Gasteiger partial charge in [-0.2, -0.15) is 0 Å². The Bertz CT molecular complexity index is 739. The maximum atomic E-state index is 2.48. The molecule has 21 heavy (non-hydrogen) atoms. The van der Waals surface area contributed by atoms with Crippen LogP contribution in [0.2, 0.25) is 0 Å². The number of aromatic nitrogens is 1. The number of nitrogens with zero attached hydrogens (tertiary/aromatic N) is 1. The predicted octanol–water partition coefficient (Wildman–Crippen LogP) is 5.67. The van der Waals surface area contributed by atoms with E-state index in [0.717, 1.165) is 12.8 Å². The molecule has 0 amide bonds. The van der Waals surface area contributed by atoms with E-state index in [1.807, 2.05) is 0 Å². The Morgan fingerprint density at radius 2 is 1.19 bits per heavy atom. The number of rotatable bonds is 2. The van der Waals surface area contributed by atoms with E-state index >= 15 is 0 Å². The smallest absolute Gasteiger partial charge is 0.0496 e. The zero-order chi connectivity index (χ0) is 15.2. The number of hydrogen-bond donors (Lipinski definition) is 0. The van der Waals surface area contributed by atoms with Gasteiger partial charge in [0.15, 0.2) is 0 Å². The molecule has 0 aliphatic rings. The molecule has 0 aliphatic carbocycles. The molecule has 0 fully saturated rings. The highest BCUT2D eigenvalue weighted by Gasteiger charge is 2.20. The molecule has 0 atom stereocenters. The van der Waals surface area contributed by atoms with Gasteiger partial charge in [-0.05, 0) is 69.0 Å². The lowest BCUT2D eigenvalue weighted by atomic mass is 10.1. The monoisotopic (exact) mass is 279 g/mol. The molecule has 0 spiro atoms. The number of fused-ring (bicyclic) bond motifs is 3. The van der Waals surface area contributed by atoms with Crippen LogP contribution in [0.5, 0.6) is 0 Å². The van der Waals surface area contributed by atoms with E-state index in [-0.39, 0.29) is 5.54 Å². The Morgan fingerprint density at radius 1 is 0.762 bits per heavy atom. The maximum Gasteiger partial charge on any atom is 0.0496 e. The summed E-state index contributed by atoms with van der Waals surface area (Å²) in [4.78, 5) is 0. The molecule has 0 unspecified atom stereocenters. The van der Waals surface area contributed by atoms with E-state index in [1.54, 1.807) is 0 Å². The summed E-state index contributed by atoms with van der Waals surface area (Å²) in [6.45, 7) is 11.3. The van der Waals surface area contributed by atoms with Crippen molar-refractivity contribution in [3.8, 4) is 0 Å².